The molecule has 1 heterocycles. The van der Waals surface area contributed by atoms with Gasteiger partial charge in [0.2, 0.25) is 0 Å². The number of nitrogens with one attached hydrogen (secondary N) is 1. The van der Waals surface area contributed by atoms with E-state index in [4.69, 9.17) is 0 Å². The molecule has 1 fully saturated rings. The lowest BCUT2D eigenvalue weighted by atomic mass is 9.81. The van der Waals surface area contributed by atoms with Gasteiger partial charge >= 0.3 is 0 Å². The first-order valence-electron chi connectivity index (χ1n) is 7.92. The van der Waals surface area contributed by atoms with Crippen LogP contribution >= 0.6 is 11.3 Å². The van der Waals surface area contributed by atoms with Gasteiger partial charge in [0.05, 0.1) is 0 Å². The van der Waals surface area contributed by atoms with Gasteiger partial charge in [0.25, 0.3) is 0 Å². The minimum absolute atomic E-state index is 0.612. The Morgan fingerprint density at radius 3 is 2.84 bits per heavy atom. The minimum Gasteiger partial charge on any atom is -0.311 e. The third kappa shape index (κ3) is 5.27. The van der Waals surface area contributed by atoms with Crippen LogP contribution in [0.15, 0.2) is 17.5 Å². The standard InChI is InChI=1S/C17H29NS/c1-13(2)10-15-6-4-7-16(12-15)18-14(3)11-17-8-5-9-19-17/h5,8-9,13-16,18H,4,6-7,10-12H2,1-3H3. The van der Waals surface area contributed by atoms with Gasteiger partial charge in [0.1, 0.15) is 0 Å². The van der Waals surface area contributed by atoms with Crippen molar-refractivity contribution in [2.45, 2.75) is 71.4 Å². The molecule has 0 spiro atoms. The van der Waals surface area contributed by atoms with Gasteiger partial charge in [-0.3, -0.25) is 0 Å². The third-order valence-electron chi connectivity index (χ3n) is 4.20. The summed E-state index contributed by atoms with van der Waals surface area (Å²) in [4.78, 5) is 1.51. The van der Waals surface area contributed by atoms with Gasteiger partial charge < -0.3 is 5.32 Å². The van der Waals surface area contributed by atoms with Crippen LogP contribution in [-0.4, -0.2) is 12.1 Å². The molecule has 0 bridgehead atoms. The van der Waals surface area contributed by atoms with Gasteiger partial charge in [-0.05, 0) is 55.9 Å². The Morgan fingerprint density at radius 1 is 1.32 bits per heavy atom. The SMILES string of the molecule is CC(C)CC1CCCC(NC(C)Cc2cccs2)C1. The maximum Gasteiger partial charge on any atom is 0.00896 e. The second-order valence-corrected chi connectivity index (χ2v) is 7.74. The fourth-order valence-electron chi connectivity index (χ4n) is 3.51. The highest BCUT2D eigenvalue weighted by Crippen LogP contribution is 2.29. The van der Waals surface area contributed by atoms with Gasteiger partial charge in [-0.25, -0.2) is 0 Å². The summed E-state index contributed by atoms with van der Waals surface area (Å²) in [6.07, 6.45) is 8.24. The lowest BCUT2D eigenvalue weighted by Gasteiger charge is -2.32. The van der Waals surface area contributed by atoms with Gasteiger partial charge in [0, 0.05) is 17.0 Å². The predicted octanol–water partition coefficient (Wildman–Crippen LogP) is 4.87. The Hall–Kier alpha value is -0.340. The zero-order valence-corrected chi connectivity index (χ0v) is 13.5. The summed E-state index contributed by atoms with van der Waals surface area (Å²) in [5, 5.41) is 6.05. The molecule has 0 aliphatic heterocycles. The highest BCUT2D eigenvalue weighted by molar-refractivity contribution is 7.09. The molecule has 0 aromatic carbocycles. The quantitative estimate of drug-likeness (QED) is 0.783. The summed E-state index contributed by atoms with van der Waals surface area (Å²) in [5.74, 6) is 1.81. The lowest BCUT2D eigenvalue weighted by Crippen LogP contribution is -2.40. The molecule has 1 aliphatic carbocycles. The Morgan fingerprint density at radius 2 is 2.16 bits per heavy atom. The molecule has 0 amide bonds. The van der Waals surface area contributed by atoms with Gasteiger partial charge in [-0.2, -0.15) is 0 Å². The van der Waals surface area contributed by atoms with Gasteiger partial charge in [0.15, 0.2) is 0 Å². The molecule has 1 aliphatic rings. The molecule has 0 saturated heterocycles. The number of hydrogen-bond donors (Lipinski definition) is 1. The molecule has 1 saturated carbocycles. The number of hydrogen-bond acceptors (Lipinski definition) is 2. The van der Waals surface area contributed by atoms with E-state index in [0.29, 0.717) is 6.04 Å². The minimum atomic E-state index is 0.612. The molecule has 1 nitrogen and oxygen atoms in total. The van der Waals surface area contributed by atoms with E-state index in [1.165, 1.54) is 43.4 Å². The summed E-state index contributed by atoms with van der Waals surface area (Å²) in [6, 6.07) is 5.78. The molecule has 108 valence electrons. The van der Waals surface area contributed by atoms with Crippen LogP contribution in [0.1, 0.15) is 57.8 Å². The fraction of sp³-hybridized carbons (Fsp3) is 0.765. The first-order chi connectivity index (χ1) is 9.13. The van der Waals surface area contributed by atoms with Crippen molar-refractivity contribution < 1.29 is 0 Å². The van der Waals surface area contributed by atoms with E-state index in [1.54, 1.807) is 0 Å². The van der Waals surface area contributed by atoms with Gasteiger partial charge in [-0.15, -0.1) is 11.3 Å². The van der Waals surface area contributed by atoms with Crippen molar-refractivity contribution in [3.63, 3.8) is 0 Å². The zero-order valence-electron chi connectivity index (χ0n) is 12.7. The molecule has 1 N–H and O–H groups in total. The molecule has 0 radical (unpaired) electrons. The predicted molar refractivity (Wildman–Crippen MR) is 85.8 cm³/mol. The summed E-state index contributed by atoms with van der Waals surface area (Å²) < 4.78 is 0. The van der Waals surface area contributed by atoms with Crippen molar-refractivity contribution in [2.24, 2.45) is 11.8 Å². The Balaban J connectivity index is 1.75. The molecular weight excluding hydrogens is 250 g/mol. The van der Waals surface area contributed by atoms with Crippen molar-refractivity contribution in [1.82, 2.24) is 5.32 Å². The normalized spacial score (nSPS) is 25.7. The molecule has 2 heteroatoms. The topological polar surface area (TPSA) is 12.0 Å². The van der Waals surface area contributed by atoms with E-state index in [9.17, 15) is 0 Å². The van der Waals surface area contributed by atoms with Crippen LogP contribution in [0.5, 0.6) is 0 Å². The van der Waals surface area contributed by atoms with E-state index in [1.807, 2.05) is 11.3 Å². The molecule has 1 aromatic rings. The Bertz CT molecular complexity index is 344. The molecular formula is C17H29NS. The van der Waals surface area contributed by atoms with Crippen molar-refractivity contribution in [3.8, 4) is 0 Å². The summed E-state index contributed by atoms with van der Waals surface area (Å²) in [5.41, 5.74) is 0. The van der Waals surface area contributed by atoms with Crippen LogP contribution in [0, 0.1) is 11.8 Å². The second-order valence-electron chi connectivity index (χ2n) is 6.71. The summed E-state index contributed by atoms with van der Waals surface area (Å²) in [6.45, 7) is 7.05. The Kier molecular flexibility index (Phi) is 5.90. The lowest BCUT2D eigenvalue weighted by molar-refractivity contribution is 0.242. The van der Waals surface area contributed by atoms with Crippen molar-refractivity contribution >= 4 is 11.3 Å². The van der Waals surface area contributed by atoms with Gasteiger partial charge in [-0.1, -0.05) is 32.8 Å². The zero-order chi connectivity index (χ0) is 13.7. The smallest absolute Gasteiger partial charge is 0.00896 e. The van der Waals surface area contributed by atoms with Crippen LogP contribution < -0.4 is 5.32 Å². The van der Waals surface area contributed by atoms with E-state index in [2.05, 4.69) is 43.6 Å². The third-order valence-corrected chi connectivity index (χ3v) is 5.09. The molecule has 2 rings (SSSR count). The van der Waals surface area contributed by atoms with Crippen LogP contribution in [0.25, 0.3) is 0 Å². The van der Waals surface area contributed by atoms with E-state index in [0.717, 1.165) is 17.9 Å². The van der Waals surface area contributed by atoms with Crippen molar-refractivity contribution in [1.29, 1.82) is 0 Å². The first-order valence-corrected chi connectivity index (χ1v) is 8.80. The monoisotopic (exact) mass is 279 g/mol. The largest absolute Gasteiger partial charge is 0.311 e. The maximum absolute atomic E-state index is 3.87. The summed E-state index contributed by atoms with van der Waals surface area (Å²) in [7, 11) is 0. The number of rotatable bonds is 6. The number of thiophene rings is 1. The van der Waals surface area contributed by atoms with E-state index < -0.39 is 0 Å². The van der Waals surface area contributed by atoms with Crippen LogP contribution in [0.3, 0.4) is 0 Å². The van der Waals surface area contributed by atoms with E-state index in [-0.39, 0.29) is 0 Å². The fourth-order valence-corrected chi connectivity index (χ4v) is 4.35. The molecule has 3 atom stereocenters. The van der Waals surface area contributed by atoms with Crippen LogP contribution in [0.2, 0.25) is 0 Å². The summed E-state index contributed by atoms with van der Waals surface area (Å²) >= 11 is 1.88. The molecule has 19 heavy (non-hydrogen) atoms. The van der Waals surface area contributed by atoms with Crippen molar-refractivity contribution in [2.75, 3.05) is 0 Å². The molecule has 3 unspecified atom stereocenters. The highest BCUT2D eigenvalue weighted by atomic mass is 32.1. The maximum atomic E-state index is 3.87. The average Bonchev–Trinajstić information content (AvgIpc) is 2.81. The highest BCUT2D eigenvalue weighted by Gasteiger charge is 2.23. The van der Waals surface area contributed by atoms with E-state index >= 15 is 0 Å². The van der Waals surface area contributed by atoms with Crippen molar-refractivity contribution in [3.05, 3.63) is 22.4 Å². The first kappa shape index (κ1) is 15.1. The molecule has 1 aromatic heterocycles. The second kappa shape index (κ2) is 7.44. The average molecular weight is 279 g/mol. The Labute approximate surface area is 122 Å². The van der Waals surface area contributed by atoms with Crippen LogP contribution in [0.4, 0.5) is 0 Å². The van der Waals surface area contributed by atoms with Crippen LogP contribution in [-0.2, 0) is 6.42 Å².